The summed E-state index contributed by atoms with van der Waals surface area (Å²) in [6, 6.07) is 8.13. The molecule has 0 saturated carbocycles. The van der Waals surface area contributed by atoms with Crippen molar-refractivity contribution in [3.8, 4) is 0 Å². The molecule has 0 saturated heterocycles. The summed E-state index contributed by atoms with van der Waals surface area (Å²) in [5, 5.41) is 3.37. The summed E-state index contributed by atoms with van der Waals surface area (Å²) < 4.78 is 0. The van der Waals surface area contributed by atoms with Crippen LogP contribution in [0.4, 0.5) is 17.2 Å². The third kappa shape index (κ3) is 2.71. The molecular weight excluding hydrogens is 248 g/mol. The highest BCUT2D eigenvalue weighted by molar-refractivity contribution is 6.32. The second kappa shape index (κ2) is 5.23. The molecule has 5 heteroatoms. The van der Waals surface area contributed by atoms with Crippen molar-refractivity contribution in [3.63, 3.8) is 0 Å². The van der Waals surface area contributed by atoms with Crippen molar-refractivity contribution in [1.82, 2.24) is 9.97 Å². The molecule has 0 radical (unpaired) electrons. The Kier molecular flexibility index (Phi) is 3.67. The quantitative estimate of drug-likeness (QED) is 0.830. The summed E-state index contributed by atoms with van der Waals surface area (Å²) in [7, 11) is 0. The maximum atomic E-state index is 5.83. The molecule has 1 heterocycles. The van der Waals surface area contributed by atoms with Crippen LogP contribution in [-0.4, -0.2) is 9.97 Å². The molecule has 94 valence electrons. The molecular formula is C13H15ClN4. The zero-order valence-corrected chi connectivity index (χ0v) is 11.1. The zero-order valence-electron chi connectivity index (χ0n) is 10.3. The van der Waals surface area contributed by atoms with E-state index in [2.05, 4.69) is 41.3 Å². The van der Waals surface area contributed by atoms with E-state index in [-0.39, 0.29) is 5.15 Å². The second-order valence-electron chi connectivity index (χ2n) is 4.33. The van der Waals surface area contributed by atoms with E-state index < -0.39 is 0 Å². The van der Waals surface area contributed by atoms with Gasteiger partial charge in [0, 0.05) is 5.69 Å². The van der Waals surface area contributed by atoms with Crippen molar-refractivity contribution in [2.24, 2.45) is 0 Å². The van der Waals surface area contributed by atoms with Crippen LogP contribution in [-0.2, 0) is 0 Å². The molecule has 0 atom stereocenters. The van der Waals surface area contributed by atoms with E-state index >= 15 is 0 Å². The van der Waals surface area contributed by atoms with Gasteiger partial charge < -0.3 is 11.1 Å². The number of hydrogen-bond donors (Lipinski definition) is 2. The minimum atomic E-state index is 0.256. The highest BCUT2D eigenvalue weighted by atomic mass is 35.5. The molecule has 0 bridgehead atoms. The highest BCUT2D eigenvalue weighted by Gasteiger charge is 2.06. The molecule has 0 unspecified atom stereocenters. The number of benzene rings is 1. The first-order chi connectivity index (χ1) is 8.58. The van der Waals surface area contributed by atoms with Crippen LogP contribution < -0.4 is 11.1 Å². The predicted octanol–water partition coefficient (Wildman–Crippen LogP) is 3.58. The zero-order chi connectivity index (χ0) is 13.1. The number of hydrogen-bond acceptors (Lipinski definition) is 4. The fourth-order valence-electron chi connectivity index (χ4n) is 1.56. The SMILES string of the molecule is CC(C)c1ccc(Nc2ncnc(Cl)c2N)cc1. The van der Waals surface area contributed by atoms with E-state index in [1.54, 1.807) is 0 Å². The van der Waals surface area contributed by atoms with Crippen molar-refractivity contribution in [2.45, 2.75) is 19.8 Å². The van der Waals surface area contributed by atoms with E-state index in [1.807, 2.05) is 12.1 Å². The van der Waals surface area contributed by atoms with E-state index in [4.69, 9.17) is 17.3 Å². The lowest BCUT2D eigenvalue weighted by molar-refractivity contribution is 0.867. The molecule has 2 aromatic rings. The third-order valence-corrected chi connectivity index (χ3v) is 2.98. The first-order valence-corrected chi connectivity index (χ1v) is 6.08. The molecule has 2 rings (SSSR count). The molecule has 1 aromatic heterocycles. The van der Waals surface area contributed by atoms with Gasteiger partial charge in [-0.15, -0.1) is 0 Å². The maximum absolute atomic E-state index is 5.83. The Morgan fingerprint density at radius 3 is 2.44 bits per heavy atom. The van der Waals surface area contributed by atoms with Crippen molar-refractivity contribution >= 4 is 28.8 Å². The highest BCUT2D eigenvalue weighted by Crippen LogP contribution is 2.26. The standard InChI is InChI=1S/C13H15ClN4/c1-8(2)9-3-5-10(6-4-9)18-13-11(15)12(14)16-7-17-13/h3-8H,15H2,1-2H3,(H,16,17,18). The normalized spacial score (nSPS) is 10.7. The van der Waals surface area contributed by atoms with Crippen LogP contribution in [0.3, 0.4) is 0 Å². The van der Waals surface area contributed by atoms with Crippen LogP contribution in [0.25, 0.3) is 0 Å². The average Bonchev–Trinajstić information content (AvgIpc) is 2.36. The predicted molar refractivity (Wildman–Crippen MR) is 75.3 cm³/mol. The van der Waals surface area contributed by atoms with Gasteiger partial charge in [0.05, 0.1) is 0 Å². The fraction of sp³-hybridized carbons (Fsp3) is 0.231. The van der Waals surface area contributed by atoms with Crippen LogP contribution >= 0.6 is 11.6 Å². The molecule has 0 spiro atoms. The Bertz CT molecular complexity index is 537. The molecule has 1 aromatic carbocycles. The van der Waals surface area contributed by atoms with E-state index in [1.165, 1.54) is 11.9 Å². The Hall–Kier alpha value is -1.81. The Balaban J connectivity index is 2.21. The van der Waals surface area contributed by atoms with Crippen molar-refractivity contribution < 1.29 is 0 Å². The minimum Gasteiger partial charge on any atom is -0.393 e. The average molecular weight is 263 g/mol. The number of halogens is 1. The van der Waals surface area contributed by atoms with Gasteiger partial charge >= 0.3 is 0 Å². The summed E-state index contributed by atoms with van der Waals surface area (Å²) in [6.07, 6.45) is 1.38. The van der Waals surface area contributed by atoms with Gasteiger partial charge in [-0.3, -0.25) is 0 Å². The fourth-order valence-corrected chi connectivity index (χ4v) is 1.69. The van der Waals surface area contributed by atoms with Crippen molar-refractivity contribution in [3.05, 3.63) is 41.3 Å². The van der Waals surface area contributed by atoms with Gasteiger partial charge in [-0.05, 0) is 23.6 Å². The summed E-state index contributed by atoms with van der Waals surface area (Å²) in [5.74, 6) is 1.03. The van der Waals surface area contributed by atoms with Gasteiger partial charge in [-0.25, -0.2) is 9.97 Å². The monoisotopic (exact) mass is 262 g/mol. The summed E-state index contributed by atoms with van der Waals surface area (Å²) in [4.78, 5) is 7.87. The van der Waals surface area contributed by atoms with Crippen LogP contribution in [0.5, 0.6) is 0 Å². The Morgan fingerprint density at radius 2 is 1.83 bits per heavy atom. The van der Waals surface area contributed by atoms with Crippen molar-refractivity contribution in [1.29, 1.82) is 0 Å². The molecule has 0 aliphatic rings. The number of nitrogens with two attached hydrogens (primary N) is 1. The molecule has 0 aliphatic heterocycles. The number of nitrogen functional groups attached to an aromatic ring is 1. The van der Waals surface area contributed by atoms with Crippen LogP contribution in [0, 0.1) is 0 Å². The Morgan fingerprint density at radius 1 is 1.17 bits per heavy atom. The summed E-state index contributed by atoms with van der Waals surface area (Å²) in [6.45, 7) is 4.31. The van der Waals surface area contributed by atoms with Gasteiger partial charge in [0.2, 0.25) is 0 Å². The van der Waals surface area contributed by atoms with Gasteiger partial charge in [-0.2, -0.15) is 0 Å². The van der Waals surface area contributed by atoms with E-state index in [0.717, 1.165) is 5.69 Å². The van der Waals surface area contributed by atoms with E-state index in [0.29, 0.717) is 17.4 Å². The number of anilines is 3. The van der Waals surface area contributed by atoms with Gasteiger partial charge in [0.25, 0.3) is 0 Å². The topological polar surface area (TPSA) is 63.8 Å². The smallest absolute Gasteiger partial charge is 0.158 e. The molecule has 0 aliphatic carbocycles. The lowest BCUT2D eigenvalue weighted by Gasteiger charge is -2.10. The van der Waals surface area contributed by atoms with Gasteiger partial charge in [0.1, 0.15) is 12.0 Å². The molecule has 4 nitrogen and oxygen atoms in total. The summed E-state index contributed by atoms with van der Waals surface area (Å²) in [5.41, 5.74) is 8.35. The largest absolute Gasteiger partial charge is 0.393 e. The lowest BCUT2D eigenvalue weighted by atomic mass is 10.0. The van der Waals surface area contributed by atoms with Gasteiger partial charge in [0.15, 0.2) is 11.0 Å². The van der Waals surface area contributed by atoms with Crippen molar-refractivity contribution in [2.75, 3.05) is 11.1 Å². The number of rotatable bonds is 3. The molecule has 18 heavy (non-hydrogen) atoms. The molecule has 0 amide bonds. The lowest BCUT2D eigenvalue weighted by Crippen LogP contribution is -2.01. The summed E-state index contributed by atoms with van der Waals surface area (Å²) >= 11 is 5.83. The van der Waals surface area contributed by atoms with Gasteiger partial charge in [-0.1, -0.05) is 37.6 Å². The molecule has 0 fully saturated rings. The maximum Gasteiger partial charge on any atom is 0.158 e. The van der Waals surface area contributed by atoms with Crippen LogP contribution in [0.15, 0.2) is 30.6 Å². The Labute approximate surface area is 111 Å². The number of nitrogens with one attached hydrogen (secondary N) is 1. The molecule has 3 N–H and O–H groups in total. The third-order valence-electron chi connectivity index (χ3n) is 2.68. The van der Waals surface area contributed by atoms with Crippen LogP contribution in [0.1, 0.15) is 25.3 Å². The number of aromatic nitrogens is 2. The first-order valence-electron chi connectivity index (χ1n) is 5.71. The van der Waals surface area contributed by atoms with Crippen LogP contribution in [0.2, 0.25) is 5.15 Å². The van der Waals surface area contributed by atoms with E-state index in [9.17, 15) is 0 Å². The first kappa shape index (κ1) is 12.6. The number of nitrogens with zero attached hydrogens (tertiary/aromatic N) is 2. The minimum absolute atomic E-state index is 0.256. The second-order valence-corrected chi connectivity index (χ2v) is 4.69.